The summed E-state index contributed by atoms with van der Waals surface area (Å²) in [6.45, 7) is 9.60. The molecule has 0 radical (unpaired) electrons. The van der Waals surface area contributed by atoms with E-state index in [1.54, 1.807) is 6.92 Å². The fourth-order valence-electron chi connectivity index (χ4n) is 0.853. The molecule has 0 atom stereocenters. The molecule has 1 N–H and O–H groups in total. The fourth-order valence-corrected chi connectivity index (χ4v) is 1.56. The lowest BCUT2D eigenvalue weighted by Crippen LogP contribution is -2.16. The van der Waals surface area contributed by atoms with Crippen molar-refractivity contribution in [2.75, 3.05) is 18.8 Å². The molecular formula is C9H15N3OS. The summed E-state index contributed by atoms with van der Waals surface area (Å²) in [5.74, 6) is 1.42. The van der Waals surface area contributed by atoms with E-state index in [0.717, 1.165) is 24.4 Å². The minimum atomic E-state index is 0.602. The molecule has 0 aromatic carbocycles. The molecule has 4 nitrogen and oxygen atoms in total. The lowest BCUT2D eigenvalue weighted by Gasteiger charge is -2.03. The van der Waals surface area contributed by atoms with Crippen molar-refractivity contribution < 1.29 is 4.42 Å². The Morgan fingerprint density at radius 3 is 2.93 bits per heavy atom. The van der Waals surface area contributed by atoms with Crippen molar-refractivity contribution in [1.82, 2.24) is 15.5 Å². The second-order valence-corrected chi connectivity index (χ2v) is 3.83. The Bertz CT molecular complexity index is 298. The second-order valence-electron chi connectivity index (χ2n) is 2.91. The van der Waals surface area contributed by atoms with Crippen LogP contribution in [0.25, 0.3) is 0 Å². The van der Waals surface area contributed by atoms with Gasteiger partial charge >= 0.3 is 0 Å². The van der Waals surface area contributed by atoms with E-state index in [1.165, 1.54) is 11.8 Å². The molecule has 14 heavy (non-hydrogen) atoms. The summed E-state index contributed by atoms with van der Waals surface area (Å²) < 4.78 is 5.22. The molecule has 0 saturated carbocycles. The van der Waals surface area contributed by atoms with Gasteiger partial charge in [0.2, 0.25) is 5.89 Å². The summed E-state index contributed by atoms with van der Waals surface area (Å²) in [5, 5.41) is 11.4. The predicted octanol–water partition coefficient (Wildman–Crippen LogP) is 1.64. The number of aromatic nitrogens is 2. The Morgan fingerprint density at radius 1 is 1.57 bits per heavy atom. The highest BCUT2D eigenvalue weighted by molar-refractivity contribution is 7.99. The highest BCUT2D eigenvalue weighted by Gasteiger charge is 2.03. The monoisotopic (exact) mass is 213 g/mol. The van der Waals surface area contributed by atoms with E-state index in [1.807, 2.05) is 0 Å². The molecule has 0 aliphatic carbocycles. The minimum Gasteiger partial charge on any atom is -0.416 e. The molecule has 5 heteroatoms. The third-order valence-electron chi connectivity index (χ3n) is 1.53. The third kappa shape index (κ3) is 3.93. The van der Waals surface area contributed by atoms with Gasteiger partial charge in [0, 0.05) is 19.2 Å². The predicted molar refractivity (Wildman–Crippen MR) is 57.4 cm³/mol. The summed E-state index contributed by atoms with van der Waals surface area (Å²) >= 11 is 1.52. The van der Waals surface area contributed by atoms with E-state index >= 15 is 0 Å². The minimum absolute atomic E-state index is 0.602. The maximum Gasteiger partial charge on any atom is 0.276 e. The first-order chi connectivity index (χ1) is 6.72. The van der Waals surface area contributed by atoms with Crippen molar-refractivity contribution in [3.05, 3.63) is 18.0 Å². The summed E-state index contributed by atoms with van der Waals surface area (Å²) in [4.78, 5) is 0. The smallest absolute Gasteiger partial charge is 0.276 e. The number of aryl methyl sites for hydroxylation is 1. The first kappa shape index (κ1) is 11.3. The summed E-state index contributed by atoms with van der Waals surface area (Å²) in [6, 6.07) is 0. The quantitative estimate of drug-likeness (QED) is 0.575. The highest BCUT2D eigenvalue weighted by Crippen LogP contribution is 2.17. The van der Waals surface area contributed by atoms with Crippen LogP contribution in [0.3, 0.4) is 0 Å². The molecule has 0 spiro atoms. The number of hydrogen-bond acceptors (Lipinski definition) is 5. The van der Waals surface area contributed by atoms with Crippen LogP contribution in [0.15, 0.2) is 21.8 Å². The summed E-state index contributed by atoms with van der Waals surface area (Å²) in [7, 11) is 0. The molecule has 1 aromatic heterocycles. The molecule has 78 valence electrons. The Morgan fingerprint density at radius 2 is 2.36 bits per heavy atom. The van der Waals surface area contributed by atoms with Crippen LogP contribution in [0.1, 0.15) is 12.8 Å². The van der Waals surface area contributed by atoms with Gasteiger partial charge in [0.1, 0.15) is 0 Å². The lowest BCUT2D eigenvalue weighted by atomic mass is 10.3. The number of nitrogens with one attached hydrogen (secondary N) is 1. The van der Waals surface area contributed by atoms with Gasteiger partial charge in [-0.2, -0.15) is 0 Å². The van der Waals surface area contributed by atoms with E-state index in [4.69, 9.17) is 4.42 Å². The van der Waals surface area contributed by atoms with Gasteiger partial charge in [-0.1, -0.05) is 30.8 Å². The lowest BCUT2D eigenvalue weighted by molar-refractivity contribution is 0.429. The normalized spacial score (nSPS) is 10.4. The van der Waals surface area contributed by atoms with E-state index < -0.39 is 0 Å². The maximum absolute atomic E-state index is 5.22. The number of nitrogens with zero attached hydrogens (tertiary/aromatic N) is 2. The van der Waals surface area contributed by atoms with Crippen LogP contribution in [0, 0.1) is 6.92 Å². The Kier molecular flexibility index (Phi) is 4.69. The number of rotatable bonds is 6. The molecule has 0 aliphatic rings. The van der Waals surface area contributed by atoms with E-state index in [0.29, 0.717) is 11.1 Å². The molecule has 0 bridgehead atoms. The zero-order valence-corrected chi connectivity index (χ0v) is 9.36. The maximum atomic E-state index is 5.22. The van der Waals surface area contributed by atoms with Crippen LogP contribution in [0.2, 0.25) is 0 Å². The molecule has 0 aliphatic heterocycles. The van der Waals surface area contributed by atoms with Gasteiger partial charge in [-0.25, -0.2) is 0 Å². The average Bonchev–Trinajstić information content (AvgIpc) is 2.58. The molecule has 0 amide bonds. The molecular weight excluding hydrogens is 198 g/mol. The first-order valence-corrected chi connectivity index (χ1v) is 5.51. The van der Waals surface area contributed by atoms with Crippen LogP contribution in [-0.2, 0) is 0 Å². The Labute approximate surface area is 88.2 Å². The van der Waals surface area contributed by atoms with Gasteiger partial charge in [0.05, 0.1) is 0 Å². The van der Waals surface area contributed by atoms with Gasteiger partial charge in [-0.15, -0.1) is 10.2 Å². The highest BCUT2D eigenvalue weighted by atomic mass is 32.2. The van der Waals surface area contributed by atoms with Crippen molar-refractivity contribution in [2.24, 2.45) is 0 Å². The zero-order valence-electron chi connectivity index (χ0n) is 8.54. The molecule has 1 heterocycles. The van der Waals surface area contributed by atoms with Crippen LogP contribution < -0.4 is 5.32 Å². The first-order valence-electron chi connectivity index (χ1n) is 4.52. The van der Waals surface area contributed by atoms with Crippen LogP contribution >= 0.6 is 11.8 Å². The molecule has 0 saturated heterocycles. The number of hydrogen-bond donors (Lipinski definition) is 1. The summed E-state index contributed by atoms with van der Waals surface area (Å²) in [5.41, 5.74) is 1.13. The van der Waals surface area contributed by atoms with Gasteiger partial charge < -0.3 is 9.73 Å². The van der Waals surface area contributed by atoms with Crippen LogP contribution in [-0.4, -0.2) is 29.0 Å². The van der Waals surface area contributed by atoms with Crippen molar-refractivity contribution in [3.8, 4) is 0 Å². The van der Waals surface area contributed by atoms with E-state index in [2.05, 4.69) is 29.0 Å². The van der Waals surface area contributed by atoms with Crippen molar-refractivity contribution in [2.45, 2.75) is 19.1 Å². The van der Waals surface area contributed by atoms with Crippen molar-refractivity contribution >= 4 is 11.8 Å². The van der Waals surface area contributed by atoms with Gasteiger partial charge in [-0.3, -0.25) is 0 Å². The Hall–Kier alpha value is -0.810. The van der Waals surface area contributed by atoms with E-state index in [-0.39, 0.29) is 0 Å². The van der Waals surface area contributed by atoms with Crippen LogP contribution in [0.4, 0.5) is 0 Å². The number of thioether (sulfide) groups is 1. The molecule has 0 unspecified atom stereocenters. The molecule has 1 aromatic rings. The number of likely N-dealkylation sites (N-methyl/N-ethyl adjacent to an activating group) is 1. The SMILES string of the molecule is C=C(CNCC)CSc1nnc(C)o1. The zero-order chi connectivity index (χ0) is 10.4. The fraction of sp³-hybridized carbons (Fsp3) is 0.556. The van der Waals surface area contributed by atoms with Gasteiger partial charge in [0.25, 0.3) is 5.22 Å². The van der Waals surface area contributed by atoms with Crippen LogP contribution in [0.5, 0.6) is 0 Å². The standard InChI is InChI=1S/C9H15N3OS/c1-4-10-5-7(2)6-14-9-12-11-8(3)13-9/h10H,2,4-6H2,1,3H3. The molecule has 0 fully saturated rings. The Balaban J connectivity index is 2.23. The molecule has 1 rings (SSSR count). The topological polar surface area (TPSA) is 51.0 Å². The largest absolute Gasteiger partial charge is 0.416 e. The van der Waals surface area contributed by atoms with Gasteiger partial charge in [0.15, 0.2) is 0 Å². The van der Waals surface area contributed by atoms with Crippen molar-refractivity contribution in [1.29, 1.82) is 0 Å². The van der Waals surface area contributed by atoms with Gasteiger partial charge in [-0.05, 0) is 6.54 Å². The average molecular weight is 213 g/mol. The van der Waals surface area contributed by atoms with E-state index in [9.17, 15) is 0 Å². The summed E-state index contributed by atoms with van der Waals surface area (Å²) in [6.07, 6.45) is 0. The third-order valence-corrected chi connectivity index (χ3v) is 2.50. The van der Waals surface area contributed by atoms with Crippen molar-refractivity contribution in [3.63, 3.8) is 0 Å². The second kappa shape index (κ2) is 5.82.